The average Bonchev–Trinajstić information content (AvgIpc) is 2.62. The molecule has 0 amide bonds. The van der Waals surface area contributed by atoms with Crippen molar-refractivity contribution in [3.8, 4) is 0 Å². The van der Waals surface area contributed by atoms with Gasteiger partial charge < -0.3 is 14.8 Å². The summed E-state index contributed by atoms with van der Waals surface area (Å²) in [6.07, 6.45) is 1.64. The summed E-state index contributed by atoms with van der Waals surface area (Å²) in [5.74, 6) is 0.424. The molecule has 0 radical (unpaired) electrons. The highest BCUT2D eigenvalue weighted by Crippen LogP contribution is 2.25. The zero-order valence-electron chi connectivity index (χ0n) is 12.7. The largest absolute Gasteiger partial charge is 0.510 e. The van der Waals surface area contributed by atoms with E-state index >= 15 is 0 Å². The predicted molar refractivity (Wildman–Crippen MR) is 76.1 cm³/mol. The lowest BCUT2D eigenvalue weighted by atomic mass is 9.80. The third kappa shape index (κ3) is 4.06. The van der Waals surface area contributed by atoms with Crippen LogP contribution in [0.4, 0.5) is 0 Å². The van der Waals surface area contributed by atoms with Gasteiger partial charge in [-0.3, -0.25) is 4.68 Å². The van der Waals surface area contributed by atoms with Crippen LogP contribution < -0.4 is 5.59 Å². The highest BCUT2D eigenvalue weighted by molar-refractivity contribution is 6.59. The van der Waals surface area contributed by atoms with Gasteiger partial charge >= 0.3 is 7.12 Å². The minimum Gasteiger partial charge on any atom is -0.422 e. The number of hydrogen-bond acceptors (Lipinski definition) is 4. The monoisotopic (exact) mass is 268 g/mol. The minimum absolute atomic E-state index is 0.424. The Balaban J connectivity index is 2.84. The van der Waals surface area contributed by atoms with Crippen LogP contribution in [-0.4, -0.2) is 38.2 Å². The van der Waals surface area contributed by atoms with Crippen LogP contribution in [0, 0.1) is 5.92 Å². The van der Waals surface area contributed by atoms with Gasteiger partial charge in [-0.25, -0.2) is 0 Å². The Bertz CT molecular complexity index is 410. The number of nitrogens with zero attached hydrogens (tertiary/aromatic N) is 2. The molecule has 0 aliphatic rings. The molecule has 0 bridgehead atoms. The molecule has 1 heterocycles. The van der Waals surface area contributed by atoms with E-state index in [1.54, 1.807) is 44.6 Å². The molecule has 1 rings (SSSR count). The second kappa shape index (κ2) is 5.65. The van der Waals surface area contributed by atoms with E-state index < -0.39 is 18.3 Å². The van der Waals surface area contributed by atoms with Gasteiger partial charge in [0.25, 0.3) is 0 Å². The van der Waals surface area contributed by atoms with Crippen LogP contribution >= 0.6 is 0 Å². The summed E-state index contributed by atoms with van der Waals surface area (Å²) >= 11 is 0. The molecule has 0 aliphatic carbocycles. The van der Waals surface area contributed by atoms with E-state index in [0.717, 1.165) is 0 Å². The quantitative estimate of drug-likeness (QED) is 0.749. The lowest BCUT2D eigenvalue weighted by Gasteiger charge is -2.38. The molecule has 108 valence electrons. The first-order valence-electron chi connectivity index (χ1n) is 6.64. The van der Waals surface area contributed by atoms with E-state index in [-0.39, 0.29) is 0 Å². The van der Waals surface area contributed by atoms with Crippen molar-refractivity contribution >= 4 is 12.7 Å². The second-order valence-corrected chi connectivity index (χ2v) is 6.37. The first-order valence-corrected chi connectivity index (χ1v) is 6.64. The van der Waals surface area contributed by atoms with Crippen molar-refractivity contribution in [3.63, 3.8) is 0 Å². The van der Waals surface area contributed by atoms with Gasteiger partial charge in [0, 0.05) is 12.7 Å². The molecule has 2 N–H and O–H groups in total. The van der Waals surface area contributed by atoms with Crippen LogP contribution in [0.5, 0.6) is 0 Å². The minimum atomic E-state index is -1.11. The molecular formula is C13H25BN2O3. The molecule has 0 aromatic carbocycles. The Labute approximate surface area is 115 Å². The lowest BCUT2D eigenvalue weighted by Crippen LogP contribution is -2.54. The maximum absolute atomic E-state index is 10.2. The van der Waals surface area contributed by atoms with E-state index in [9.17, 15) is 10.1 Å². The van der Waals surface area contributed by atoms with Crippen molar-refractivity contribution in [2.75, 3.05) is 0 Å². The van der Waals surface area contributed by atoms with Gasteiger partial charge in [0.2, 0.25) is 0 Å². The van der Waals surface area contributed by atoms with Crippen molar-refractivity contribution in [1.29, 1.82) is 0 Å². The van der Waals surface area contributed by atoms with Crippen LogP contribution in [0.25, 0.3) is 0 Å². The Morgan fingerprint density at radius 1 is 1.37 bits per heavy atom. The highest BCUT2D eigenvalue weighted by atomic mass is 16.5. The average molecular weight is 268 g/mol. The Morgan fingerprint density at radius 3 is 2.42 bits per heavy atom. The smallest absolute Gasteiger partial charge is 0.422 e. The van der Waals surface area contributed by atoms with E-state index in [0.29, 0.717) is 18.1 Å². The van der Waals surface area contributed by atoms with Gasteiger partial charge in [-0.15, -0.1) is 0 Å². The van der Waals surface area contributed by atoms with Crippen molar-refractivity contribution in [2.45, 2.75) is 59.3 Å². The summed E-state index contributed by atoms with van der Waals surface area (Å²) in [7, 11) is -1.11. The standard InChI is InChI=1S/C13H25BN2O3/c1-10(2)9-16-11(7-8-15-16)14(18)19-13(5,6)12(3,4)17/h7-8,10,17-18H,9H2,1-6H3. The SMILES string of the molecule is CC(C)Cn1nccc1B(O)OC(C)(C)C(C)(C)O. The fourth-order valence-electron chi connectivity index (χ4n) is 1.53. The van der Waals surface area contributed by atoms with Gasteiger partial charge in [-0.2, -0.15) is 5.10 Å². The van der Waals surface area contributed by atoms with Gasteiger partial charge in [0.15, 0.2) is 0 Å². The van der Waals surface area contributed by atoms with Crippen LogP contribution in [0.3, 0.4) is 0 Å². The third-order valence-corrected chi connectivity index (χ3v) is 3.42. The third-order valence-electron chi connectivity index (χ3n) is 3.42. The molecule has 0 unspecified atom stereocenters. The molecule has 6 heteroatoms. The predicted octanol–water partition coefficient (Wildman–Crippen LogP) is 0.793. The summed E-state index contributed by atoms with van der Waals surface area (Å²) in [4.78, 5) is 0. The van der Waals surface area contributed by atoms with Crippen LogP contribution in [0.2, 0.25) is 0 Å². The van der Waals surface area contributed by atoms with E-state index in [2.05, 4.69) is 18.9 Å². The summed E-state index contributed by atoms with van der Waals surface area (Å²) in [6, 6.07) is 1.73. The lowest BCUT2D eigenvalue weighted by molar-refractivity contribution is -0.0984. The summed E-state index contributed by atoms with van der Waals surface area (Å²) in [5, 5.41) is 24.4. The molecule has 0 aliphatic heterocycles. The number of aliphatic hydroxyl groups is 1. The van der Waals surface area contributed by atoms with Gasteiger partial charge in [0.1, 0.15) is 0 Å². The molecule has 1 aromatic heterocycles. The summed E-state index contributed by atoms with van der Waals surface area (Å²) in [5.41, 5.74) is -1.33. The van der Waals surface area contributed by atoms with Gasteiger partial charge in [-0.1, -0.05) is 13.8 Å². The fourth-order valence-corrected chi connectivity index (χ4v) is 1.53. The molecule has 0 fully saturated rings. The maximum atomic E-state index is 10.2. The number of hydrogen-bond donors (Lipinski definition) is 2. The molecule has 0 spiro atoms. The Kier molecular flexibility index (Phi) is 4.82. The van der Waals surface area contributed by atoms with Crippen LogP contribution in [0.1, 0.15) is 41.5 Å². The first kappa shape index (κ1) is 16.2. The van der Waals surface area contributed by atoms with E-state index in [1.807, 2.05) is 0 Å². The van der Waals surface area contributed by atoms with Crippen LogP contribution in [0.15, 0.2) is 12.3 Å². The van der Waals surface area contributed by atoms with Gasteiger partial charge in [-0.05, 0) is 39.7 Å². The van der Waals surface area contributed by atoms with Crippen molar-refractivity contribution < 1.29 is 14.8 Å². The molecule has 5 nitrogen and oxygen atoms in total. The number of aromatic nitrogens is 2. The molecule has 0 saturated carbocycles. The molecule has 0 atom stereocenters. The van der Waals surface area contributed by atoms with E-state index in [4.69, 9.17) is 4.65 Å². The van der Waals surface area contributed by atoms with E-state index in [1.165, 1.54) is 0 Å². The molecular weight excluding hydrogens is 243 g/mol. The Hall–Kier alpha value is -0.845. The summed E-state index contributed by atoms with van der Waals surface area (Å²) in [6.45, 7) is 11.7. The second-order valence-electron chi connectivity index (χ2n) is 6.37. The molecule has 0 saturated heterocycles. The van der Waals surface area contributed by atoms with Crippen molar-refractivity contribution in [1.82, 2.24) is 9.78 Å². The normalized spacial score (nSPS) is 13.1. The van der Waals surface area contributed by atoms with Crippen molar-refractivity contribution in [3.05, 3.63) is 12.3 Å². The highest BCUT2D eigenvalue weighted by Gasteiger charge is 2.40. The molecule has 19 heavy (non-hydrogen) atoms. The summed E-state index contributed by atoms with van der Waals surface area (Å²) < 4.78 is 7.35. The van der Waals surface area contributed by atoms with Crippen LogP contribution in [-0.2, 0) is 11.2 Å². The van der Waals surface area contributed by atoms with Gasteiger partial charge in [0.05, 0.1) is 16.8 Å². The molecule has 1 aromatic rings. The van der Waals surface area contributed by atoms with Crippen molar-refractivity contribution in [2.24, 2.45) is 5.92 Å². The number of rotatable bonds is 6. The zero-order chi connectivity index (χ0) is 14.8. The topological polar surface area (TPSA) is 67.5 Å². The zero-order valence-corrected chi connectivity index (χ0v) is 12.7. The Morgan fingerprint density at radius 2 is 1.95 bits per heavy atom. The first-order chi connectivity index (χ1) is 8.54. The maximum Gasteiger partial charge on any atom is 0.510 e. The fraction of sp³-hybridized carbons (Fsp3) is 0.769.